The van der Waals surface area contributed by atoms with Crippen molar-refractivity contribution in [2.45, 2.75) is 46.2 Å². The molecule has 0 amide bonds. The van der Waals surface area contributed by atoms with E-state index in [-0.39, 0.29) is 13.2 Å². The Morgan fingerprint density at radius 2 is 1.62 bits per heavy atom. The molecule has 4 nitrogen and oxygen atoms in total. The van der Waals surface area contributed by atoms with Gasteiger partial charge in [0.05, 0.1) is 18.8 Å². The summed E-state index contributed by atoms with van der Waals surface area (Å²) in [5, 5.41) is 29.0. The number of ether oxygens (including phenoxy) is 1. The van der Waals surface area contributed by atoms with E-state index < -0.39 is 5.60 Å². The highest BCUT2D eigenvalue weighted by Crippen LogP contribution is 2.30. The van der Waals surface area contributed by atoms with Crippen LogP contribution < -0.4 is 4.74 Å². The van der Waals surface area contributed by atoms with Gasteiger partial charge in [0.2, 0.25) is 0 Å². The van der Waals surface area contributed by atoms with Gasteiger partial charge in [-0.15, -0.1) is 0 Å². The van der Waals surface area contributed by atoms with Crippen molar-refractivity contribution < 1.29 is 20.1 Å². The van der Waals surface area contributed by atoms with Gasteiger partial charge >= 0.3 is 0 Å². The number of benzene rings is 3. The van der Waals surface area contributed by atoms with Gasteiger partial charge in [-0.05, 0) is 77.9 Å². The molecular weight excluding hydrogens is 364 g/mol. The Labute approximate surface area is 172 Å². The van der Waals surface area contributed by atoms with E-state index in [1.165, 1.54) is 0 Å². The number of hydrogen-bond donors (Lipinski definition) is 3. The van der Waals surface area contributed by atoms with Crippen LogP contribution in [-0.2, 0) is 25.4 Å². The van der Waals surface area contributed by atoms with Crippen LogP contribution in [0, 0.1) is 6.92 Å². The zero-order valence-electron chi connectivity index (χ0n) is 17.1. The molecule has 0 aliphatic heterocycles. The van der Waals surface area contributed by atoms with E-state index in [1.807, 2.05) is 67.6 Å². The van der Waals surface area contributed by atoms with Crippen molar-refractivity contribution in [3.63, 3.8) is 0 Å². The van der Waals surface area contributed by atoms with Crippen molar-refractivity contribution >= 4 is 0 Å². The van der Waals surface area contributed by atoms with E-state index in [4.69, 9.17) is 4.74 Å². The molecule has 0 unspecified atom stereocenters. The molecule has 0 radical (unpaired) electrons. The van der Waals surface area contributed by atoms with E-state index in [2.05, 4.69) is 0 Å². The lowest BCUT2D eigenvalue weighted by Gasteiger charge is -2.19. The van der Waals surface area contributed by atoms with Gasteiger partial charge in [-0.1, -0.05) is 42.5 Å². The Kier molecular flexibility index (Phi) is 6.38. The smallest absolute Gasteiger partial charge is 0.120 e. The molecule has 0 saturated heterocycles. The highest BCUT2D eigenvalue weighted by Gasteiger charge is 2.17. The molecule has 0 bridgehead atoms. The standard InChI is InChI=1S/C25H28O4/c1-17-11-22(25(2,3)28)9-10-24(17)19-5-4-6-23(13-19)29-16-18-7-8-20(14-26)21(12-18)15-27/h4-13,26-28H,14-16H2,1-3H3. The number of aliphatic hydroxyl groups excluding tert-OH is 2. The number of aliphatic hydroxyl groups is 3. The molecule has 0 aliphatic rings. The fraction of sp³-hybridized carbons (Fsp3) is 0.280. The predicted octanol–water partition coefficient (Wildman–Crippen LogP) is 4.45. The predicted molar refractivity (Wildman–Crippen MR) is 114 cm³/mol. The van der Waals surface area contributed by atoms with Crippen molar-refractivity contribution in [1.82, 2.24) is 0 Å². The third-order valence-corrected chi connectivity index (χ3v) is 5.09. The molecule has 4 heteroatoms. The van der Waals surface area contributed by atoms with Crippen molar-refractivity contribution in [3.05, 3.63) is 88.5 Å². The topological polar surface area (TPSA) is 69.9 Å². The lowest BCUT2D eigenvalue weighted by Crippen LogP contribution is -2.15. The third-order valence-electron chi connectivity index (χ3n) is 5.09. The molecule has 3 aromatic rings. The summed E-state index contributed by atoms with van der Waals surface area (Å²) < 4.78 is 5.96. The minimum atomic E-state index is -0.868. The van der Waals surface area contributed by atoms with E-state index in [0.717, 1.165) is 39.1 Å². The van der Waals surface area contributed by atoms with Crippen LogP contribution in [0.3, 0.4) is 0 Å². The van der Waals surface area contributed by atoms with Crippen LogP contribution in [-0.4, -0.2) is 15.3 Å². The maximum absolute atomic E-state index is 10.2. The highest BCUT2D eigenvalue weighted by atomic mass is 16.5. The molecule has 152 valence electrons. The lowest BCUT2D eigenvalue weighted by molar-refractivity contribution is 0.0785. The molecule has 0 atom stereocenters. The van der Waals surface area contributed by atoms with Crippen LogP contribution in [0.25, 0.3) is 11.1 Å². The van der Waals surface area contributed by atoms with Crippen LogP contribution in [0.2, 0.25) is 0 Å². The normalized spacial score (nSPS) is 11.5. The van der Waals surface area contributed by atoms with E-state index in [0.29, 0.717) is 12.2 Å². The summed E-state index contributed by atoms with van der Waals surface area (Å²) in [6, 6.07) is 19.5. The Bertz CT molecular complexity index is 986. The summed E-state index contributed by atoms with van der Waals surface area (Å²) in [5.74, 6) is 0.755. The zero-order valence-corrected chi connectivity index (χ0v) is 17.1. The largest absolute Gasteiger partial charge is 0.489 e. The SMILES string of the molecule is Cc1cc(C(C)(C)O)ccc1-c1cccc(OCc2ccc(CO)c(CO)c2)c1. The van der Waals surface area contributed by atoms with Gasteiger partial charge in [-0.25, -0.2) is 0 Å². The van der Waals surface area contributed by atoms with Gasteiger partial charge in [0.1, 0.15) is 12.4 Å². The number of rotatable bonds is 7. The Hall–Kier alpha value is -2.66. The van der Waals surface area contributed by atoms with E-state index in [9.17, 15) is 15.3 Å². The minimum absolute atomic E-state index is 0.0926. The van der Waals surface area contributed by atoms with Gasteiger partial charge in [0, 0.05) is 0 Å². The molecule has 3 N–H and O–H groups in total. The van der Waals surface area contributed by atoms with Crippen LogP contribution in [0.1, 0.15) is 41.7 Å². The first-order valence-corrected chi connectivity index (χ1v) is 9.71. The number of hydrogen-bond acceptors (Lipinski definition) is 4. The van der Waals surface area contributed by atoms with Crippen LogP contribution >= 0.6 is 0 Å². The van der Waals surface area contributed by atoms with Gasteiger partial charge in [-0.3, -0.25) is 0 Å². The first kappa shape index (κ1) is 21.1. The fourth-order valence-corrected chi connectivity index (χ4v) is 3.36. The minimum Gasteiger partial charge on any atom is -0.489 e. The van der Waals surface area contributed by atoms with Crippen molar-refractivity contribution in [3.8, 4) is 16.9 Å². The molecule has 29 heavy (non-hydrogen) atoms. The molecular formula is C25H28O4. The molecule has 0 heterocycles. The Morgan fingerprint density at radius 3 is 2.28 bits per heavy atom. The molecule has 0 spiro atoms. The molecule has 0 aromatic heterocycles. The molecule has 3 aromatic carbocycles. The lowest BCUT2D eigenvalue weighted by atomic mass is 9.92. The second-order valence-corrected chi connectivity index (χ2v) is 7.82. The second-order valence-electron chi connectivity index (χ2n) is 7.82. The van der Waals surface area contributed by atoms with Crippen molar-refractivity contribution in [1.29, 1.82) is 0 Å². The Balaban J connectivity index is 1.78. The highest BCUT2D eigenvalue weighted by molar-refractivity contribution is 5.69. The van der Waals surface area contributed by atoms with E-state index in [1.54, 1.807) is 13.8 Å². The van der Waals surface area contributed by atoms with E-state index >= 15 is 0 Å². The summed E-state index contributed by atoms with van der Waals surface area (Å²) in [6.45, 7) is 5.77. The summed E-state index contributed by atoms with van der Waals surface area (Å²) in [6.07, 6.45) is 0. The zero-order chi connectivity index (χ0) is 21.0. The quantitative estimate of drug-likeness (QED) is 0.555. The van der Waals surface area contributed by atoms with Crippen LogP contribution in [0.15, 0.2) is 60.7 Å². The maximum atomic E-state index is 10.2. The summed E-state index contributed by atoms with van der Waals surface area (Å²) in [5.41, 5.74) is 5.63. The van der Waals surface area contributed by atoms with Gasteiger partial charge in [-0.2, -0.15) is 0 Å². The van der Waals surface area contributed by atoms with Gasteiger partial charge in [0.15, 0.2) is 0 Å². The van der Waals surface area contributed by atoms with Crippen molar-refractivity contribution in [2.75, 3.05) is 0 Å². The Morgan fingerprint density at radius 1 is 0.862 bits per heavy atom. The molecule has 0 saturated carbocycles. The van der Waals surface area contributed by atoms with Crippen LogP contribution in [0.4, 0.5) is 0 Å². The third kappa shape index (κ3) is 5.04. The summed E-state index contributed by atoms with van der Waals surface area (Å²) in [4.78, 5) is 0. The molecule has 0 fully saturated rings. The first-order chi connectivity index (χ1) is 13.8. The van der Waals surface area contributed by atoms with Gasteiger partial charge < -0.3 is 20.1 Å². The fourth-order valence-electron chi connectivity index (χ4n) is 3.36. The molecule has 0 aliphatic carbocycles. The average molecular weight is 392 g/mol. The summed E-state index contributed by atoms with van der Waals surface area (Å²) >= 11 is 0. The maximum Gasteiger partial charge on any atom is 0.120 e. The van der Waals surface area contributed by atoms with Crippen molar-refractivity contribution in [2.24, 2.45) is 0 Å². The second kappa shape index (κ2) is 8.78. The number of aryl methyl sites for hydroxylation is 1. The van der Waals surface area contributed by atoms with Crippen LogP contribution in [0.5, 0.6) is 5.75 Å². The van der Waals surface area contributed by atoms with Gasteiger partial charge in [0.25, 0.3) is 0 Å². The first-order valence-electron chi connectivity index (χ1n) is 9.71. The average Bonchev–Trinajstić information content (AvgIpc) is 2.71. The monoisotopic (exact) mass is 392 g/mol. The summed E-state index contributed by atoms with van der Waals surface area (Å²) in [7, 11) is 0. The molecule has 3 rings (SSSR count).